The van der Waals surface area contributed by atoms with Crippen molar-refractivity contribution in [1.82, 2.24) is 0 Å². The van der Waals surface area contributed by atoms with Crippen molar-refractivity contribution >= 4 is 19.8 Å². The van der Waals surface area contributed by atoms with Crippen LogP contribution in [0.4, 0.5) is 0 Å². The zero-order valence-electron chi connectivity index (χ0n) is 38.0. The standard InChI is InChI=1S/C48H88NO8P/c1-6-8-10-12-14-16-18-20-22-23-24-25-27-28-30-32-34-36-38-40-47(50)54-44-46(45-56-58(52,53)55-43-42-49(3,4)5)57-48(51)41-39-37-35-33-31-29-26-21-19-17-15-13-11-9-7-2/h14,16,20,22,24-25,28,30,46H,6-13,15,17-19,21,23,26-27,29,31-45H2,1-5H3/p+1/b16-14+,22-20+,25-24+,30-28+/t46-/m1/s1. The second-order valence-corrected chi connectivity index (χ2v) is 18.2. The average molecular weight is 839 g/mol. The molecule has 0 aliphatic carbocycles. The van der Waals surface area contributed by atoms with Crippen LogP contribution < -0.4 is 0 Å². The zero-order chi connectivity index (χ0) is 42.8. The van der Waals surface area contributed by atoms with Gasteiger partial charge in [0.15, 0.2) is 6.10 Å². The molecule has 0 spiro atoms. The number of nitrogens with zero attached hydrogens (tertiary/aromatic N) is 1. The number of unbranched alkanes of at least 4 members (excludes halogenated alkanes) is 20. The molecule has 0 aliphatic heterocycles. The number of hydrogen-bond acceptors (Lipinski definition) is 7. The van der Waals surface area contributed by atoms with Crippen molar-refractivity contribution in [3.63, 3.8) is 0 Å². The third-order valence-electron chi connectivity index (χ3n) is 9.86. The normalized spacial score (nSPS) is 14.0. The van der Waals surface area contributed by atoms with Gasteiger partial charge in [-0.2, -0.15) is 0 Å². The Morgan fingerprint density at radius 3 is 1.41 bits per heavy atom. The number of phosphoric acid groups is 1. The molecule has 0 bridgehead atoms. The summed E-state index contributed by atoms with van der Waals surface area (Å²) in [6, 6.07) is 0. The molecule has 1 unspecified atom stereocenters. The first kappa shape index (κ1) is 56.0. The molecule has 1 N–H and O–H groups in total. The second kappa shape index (κ2) is 40.4. The molecule has 10 heteroatoms. The Morgan fingerprint density at radius 1 is 0.534 bits per heavy atom. The van der Waals surface area contributed by atoms with Crippen molar-refractivity contribution < 1.29 is 42.1 Å². The summed E-state index contributed by atoms with van der Waals surface area (Å²) in [6.45, 7) is 4.37. The fourth-order valence-electron chi connectivity index (χ4n) is 6.17. The molecule has 9 nitrogen and oxygen atoms in total. The Balaban J connectivity index is 4.38. The van der Waals surface area contributed by atoms with Crippen molar-refractivity contribution in [1.29, 1.82) is 0 Å². The Hall–Kier alpha value is -2.03. The first-order valence-electron chi connectivity index (χ1n) is 23.4. The maximum absolute atomic E-state index is 12.7. The summed E-state index contributed by atoms with van der Waals surface area (Å²) >= 11 is 0. The van der Waals surface area contributed by atoms with Crippen LogP contribution >= 0.6 is 7.82 Å². The van der Waals surface area contributed by atoms with Crippen LogP contribution in [0.25, 0.3) is 0 Å². The number of likely N-dealkylation sites (N-methyl/N-ethyl adjacent to an activating group) is 1. The summed E-state index contributed by atoms with van der Waals surface area (Å²) in [5.41, 5.74) is 0. The maximum Gasteiger partial charge on any atom is 0.472 e. The lowest BCUT2D eigenvalue weighted by molar-refractivity contribution is -0.870. The lowest BCUT2D eigenvalue weighted by atomic mass is 10.0. The van der Waals surface area contributed by atoms with Crippen LogP contribution in [0.3, 0.4) is 0 Å². The monoisotopic (exact) mass is 839 g/mol. The molecule has 0 amide bonds. The van der Waals surface area contributed by atoms with Crippen molar-refractivity contribution in [3.8, 4) is 0 Å². The number of quaternary nitrogens is 1. The lowest BCUT2D eigenvalue weighted by Crippen LogP contribution is -2.37. The van der Waals surface area contributed by atoms with Crippen LogP contribution in [0, 0.1) is 0 Å². The molecule has 0 heterocycles. The van der Waals surface area contributed by atoms with Crippen LogP contribution in [0.2, 0.25) is 0 Å². The van der Waals surface area contributed by atoms with Gasteiger partial charge in [-0.25, -0.2) is 4.57 Å². The second-order valence-electron chi connectivity index (χ2n) is 16.8. The number of allylic oxidation sites excluding steroid dienone is 8. The van der Waals surface area contributed by atoms with E-state index in [1.54, 1.807) is 0 Å². The van der Waals surface area contributed by atoms with E-state index in [1.165, 1.54) is 103 Å². The molecule has 0 aromatic carbocycles. The van der Waals surface area contributed by atoms with E-state index in [0.717, 1.165) is 51.4 Å². The zero-order valence-corrected chi connectivity index (χ0v) is 38.9. The Labute approximate surface area is 356 Å². The molecular formula is C48H89NO8P+. The molecule has 0 saturated heterocycles. The van der Waals surface area contributed by atoms with Gasteiger partial charge in [0.05, 0.1) is 27.7 Å². The Bertz CT molecular complexity index is 1130. The van der Waals surface area contributed by atoms with Crippen molar-refractivity contribution in [2.45, 2.75) is 200 Å². The molecular weight excluding hydrogens is 750 g/mol. The number of carbonyl (C=O) groups is 2. The van der Waals surface area contributed by atoms with Gasteiger partial charge in [0, 0.05) is 12.8 Å². The van der Waals surface area contributed by atoms with Crippen molar-refractivity contribution in [3.05, 3.63) is 48.6 Å². The largest absolute Gasteiger partial charge is 0.472 e. The SMILES string of the molecule is CCCCC/C=C/C/C=C/C/C=C/C/C=C/CCCCCC(=O)OC[C@H](COP(=O)(O)OCC[N+](C)(C)C)OC(=O)CCCCCCCCCCCCCCCCC. The van der Waals surface area contributed by atoms with Gasteiger partial charge in [-0.05, 0) is 57.8 Å². The van der Waals surface area contributed by atoms with Gasteiger partial charge in [-0.3, -0.25) is 18.6 Å². The minimum absolute atomic E-state index is 0.0261. The third-order valence-corrected chi connectivity index (χ3v) is 10.8. The van der Waals surface area contributed by atoms with Gasteiger partial charge in [0.2, 0.25) is 0 Å². The summed E-state index contributed by atoms with van der Waals surface area (Å²) in [5.74, 6) is -0.831. The molecule has 0 fully saturated rings. The lowest BCUT2D eigenvalue weighted by Gasteiger charge is -2.24. The summed E-state index contributed by atoms with van der Waals surface area (Å²) in [5, 5.41) is 0. The predicted octanol–water partition coefficient (Wildman–Crippen LogP) is 13.5. The van der Waals surface area contributed by atoms with Crippen LogP contribution in [-0.4, -0.2) is 74.9 Å². The Morgan fingerprint density at radius 2 is 0.931 bits per heavy atom. The van der Waals surface area contributed by atoms with Crippen LogP contribution in [-0.2, 0) is 32.7 Å². The van der Waals surface area contributed by atoms with Gasteiger partial charge in [0.1, 0.15) is 19.8 Å². The molecule has 0 aromatic rings. The molecule has 0 saturated carbocycles. The molecule has 338 valence electrons. The van der Waals surface area contributed by atoms with Gasteiger partial charge in [0.25, 0.3) is 0 Å². The van der Waals surface area contributed by atoms with Gasteiger partial charge >= 0.3 is 19.8 Å². The number of phosphoric ester groups is 1. The van der Waals surface area contributed by atoms with E-state index >= 15 is 0 Å². The third kappa shape index (κ3) is 43.5. The molecule has 0 aromatic heterocycles. The van der Waals surface area contributed by atoms with E-state index in [1.807, 2.05) is 21.1 Å². The molecule has 58 heavy (non-hydrogen) atoms. The highest BCUT2D eigenvalue weighted by atomic mass is 31.2. The van der Waals surface area contributed by atoms with E-state index in [-0.39, 0.29) is 26.1 Å². The highest BCUT2D eigenvalue weighted by Gasteiger charge is 2.27. The first-order valence-corrected chi connectivity index (χ1v) is 24.9. The maximum atomic E-state index is 12.7. The number of esters is 2. The fraction of sp³-hybridized carbons (Fsp3) is 0.792. The predicted molar refractivity (Wildman–Crippen MR) is 243 cm³/mol. The van der Waals surface area contributed by atoms with E-state index in [4.69, 9.17) is 18.5 Å². The van der Waals surface area contributed by atoms with E-state index in [0.29, 0.717) is 23.9 Å². The smallest absolute Gasteiger partial charge is 0.462 e. The summed E-state index contributed by atoms with van der Waals surface area (Å²) < 4.78 is 34.3. The highest BCUT2D eigenvalue weighted by molar-refractivity contribution is 7.47. The number of carbonyl (C=O) groups excluding carboxylic acids is 2. The van der Waals surface area contributed by atoms with Crippen LogP contribution in [0.5, 0.6) is 0 Å². The van der Waals surface area contributed by atoms with Gasteiger partial charge in [-0.1, -0.05) is 172 Å². The molecule has 0 radical (unpaired) electrons. The highest BCUT2D eigenvalue weighted by Crippen LogP contribution is 2.43. The first-order chi connectivity index (χ1) is 28.0. The summed E-state index contributed by atoms with van der Waals surface area (Å²) in [7, 11) is 1.46. The van der Waals surface area contributed by atoms with Crippen LogP contribution in [0.1, 0.15) is 194 Å². The van der Waals surface area contributed by atoms with E-state index in [9.17, 15) is 19.0 Å². The van der Waals surface area contributed by atoms with Gasteiger partial charge in [-0.15, -0.1) is 0 Å². The molecule has 0 rings (SSSR count). The van der Waals surface area contributed by atoms with E-state index in [2.05, 4.69) is 62.5 Å². The number of hydrogen-bond donors (Lipinski definition) is 1. The Kier molecular flexibility index (Phi) is 39.0. The van der Waals surface area contributed by atoms with E-state index < -0.39 is 32.5 Å². The molecule has 2 atom stereocenters. The average Bonchev–Trinajstić information content (AvgIpc) is 3.17. The quantitative estimate of drug-likeness (QED) is 0.0213. The topological polar surface area (TPSA) is 108 Å². The fourth-order valence-corrected chi connectivity index (χ4v) is 6.92. The summed E-state index contributed by atoms with van der Waals surface area (Å²) in [4.78, 5) is 35.4. The van der Waals surface area contributed by atoms with Crippen molar-refractivity contribution in [2.75, 3.05) is 47.5 Å². The minimum atomic E-state index is -4.38. The summed E-state index contributed by atoms with van der Waals surface area (Å²) in [6.07, 6.45) is 47.2. The van der Waals surface area contributed by atoms with Crippen molar-refractivity contribution in [2.24, 2.45) is 0 Å². The van der Waals surface area contributed by atoms with Gasteiger partial charge < -0.3 is 18.9 Å². The minimum Gasteiger partial charge on any atom is -0.462 e. The number of ether oxygens (including phenoxy) is 2. The molecule has 0 aliphatic rings. The van der Waals surface area contributed by atoms with Crippen LogP contribution in [0.15, 0.2) is 48.6 Å². The number of rotatable bonds is 42.